The maximum Gasteiger partial charge on any atom is -0.0135 e. The molecule has 0 nitrogen and oxygen atoms in total. The van der Waals surface area contributed by atoms with Crippen LogP contribution in [0.2, 0.25) is 0 Å². The first-order valence-electron chi connectivity index (χ1n) is 4.51. The van der Waals surface area contributed by atoms with Crippen LogP contribution in [0.15, 0.2) is 17.4 Å². The summed E-state index contributed by atoms with van der Waals surface area (Å²) >= 11 is 0. The van der Waals surface area contributed by atoms with Gasteiger partial charge in [-0.15, -0.1) is 5.73 Å². The van der Waals surface area contributed by atoms with E-state index in [0.29, 0.717) is 5.92 Å². The molecule has 0 N–H and O–H groups in total. The molecule has 0 aromatic carbocycles. The van der Waals surface area contributed by atoms with Crippen molar-refractivity contribution >= 4 is 0 Å². The lowest BCUT2D eigenvalue weighted by atomic mass is 9.91. The molecule has 0 spiro atoms. The Bertz CT molecular complexity index is 157. The van der Waals surface area contributed by atoms with E-state index >= 15 is 0 Å². The first-order chi connectivity index (χ1) is 5.09. The summed E-state index contributed by atoms with van der Waals surface area (Å²) in [6, 6.07) is 0. The van der Waals surface area contributed by atoms with Gasteiger partial charge >= 0.3 is 0 Å². The summed E-state index contributed by atoms with van der Waals surface area (Å²) in [5.41, 5.74) is 4.68. The van der Waals surface area contributed by atoms with E-state index in [4.69, 9.17) is 0 Å². The van der Waals surface area contributed by atoms with Crippen LogP contribution in [-0.4, -0.2) is 0 Å². The molecule has 0 amide bonds. The van der Waals surface area contributed by atoms with Gasteiger partial charge in [-0.05, 0) is 36.8 Å². The van der Waals surface area contributed by atoms with E-state index in [1.165, 1.54) is 5.57 Å². The van der Waals surface area contributed by atoms with Crippen LogP contribution in [0.25, 0.3) is 0 Å². The van der Waals surface area contributed by atoms with Crippen molar-refractivity contribution in [3.8, 4) is 0 Å². The molecule has 0 saturated carbocycles. The Kier molecular flexibility index (Phi) is 4.98. The quantitative estimate of drug-likeness (QED) is 0.540. The SMILES string of the molecule is CCC=C=C(C)C(C)C(C)C. The van der Waals surface area contributed by atoms with Crippen molar-refractivity contribution in [2.24, 2.45) is 11.8 Å². The summed E-state index contributed by atoms with van der Waals surface area (Å²) < 4.78 is 0. The Morgan fingerprint density at radius 1 is 1.36 bits per heavy atom. The van der Waals surface area contributed by atoms with Gasteiger partial charge in [-0.25, -0.2) is 0 Å². The summed E-state index contributed by atoms with van der Waals surface area (Å²) in [6.07, 6.45) is 3.19. The fourth-order valence-electron chi connectivity index (χ4n) is 0.894. The fraction of sp³-hybridized carbons (Fsp3) is 0.727. The zero-order valence-electron chi connectivity index (χ0n) is 8.44. The van der Waals surface area contributed by atoms with Gasteiger partial charge in [0.05, 0.1) is 0 Å². The zero-order chi connectivity index (χ0) is 8.85. The van der Waals surface area contributed by atoms with Crippen molar-refractivity contribution in [3.63, 3.8) is 0 Å². The molecule has 0 rings (SSSR count). The number of allylic oxidation sites excluding steroid dienone is 1. The largest absolute Gasteiger partial charge is 0.126 e. The van der Waals surface area contributed by atoms with Crippen molar-refractivity contribution < 1.29 is 0 Å². The molecule has 64 valence electrons. The van der Waals surface area contributed by atoms with E-state index in [0.717, 1.165) is 12.3 Å². The molecule has 0 heterocycles. The Morgan fingerprint density at radius 3 is 2.27 bits per heavy atom. The molecule has 1 atom stereocenters. The molecule has 0 aliphatic rings. The predicted molar refractivity (Wildman–Crippen MR) is 51.6 cm³/mol. The maximum atomic E-state index is 3.31. The third-order valence-electron chi connectivity index (χ3n) is 2.22. The Hall–Kier alpha value is -0.480. The molecule has 0 aromatic rings. The first-order valence-corrected chi connectivity index (χ1v) is 4.51. The van der Waals surface area contributed by atoms with Crippen LogP contribution in [0.5, 0.6) is 0 Å². The molecule has 11 heavy (non-hydrogen) atoms. The van der Waals surface area contributed by atoms with E-state index in [1.807, 2.05) is 0 Å². The van der Waals surface area contributed by atoms with E-state index in [2.05, 4.69) is 46.4 Å². The minimum atomic E-state index is 0.665. The highest BCUT2D eigenvalue weighted by atomic mass is 14.1. The smallest absolute Gasteiger partial charge is 0.0135 e. The van der Waals surface area contributed by atoms with Gasteiger partial charge in [0, 0.05) is 0 Å². The molecule has 1 unspecified atom stereocenters. The van der Waals surface area contributed by atoms with Gasteiger partial charge in [-0.3, -0.25) is 0 Å². The highest BCUT2D eigenvalue weighted by Gasteiger charge is 2.07. The normalized spacial score (nSPS) is 12.5. The van der Waals surface area contributed by atoms with Crippen molar-refractivity contribution in [2.75, 3.05) is 0 Å². The number of rotatable bonds is 3. The highest BCUT2D eigenvalue weighted by molar-refractivity contribution is 5.02. The lowest BCUT2D eigenvalue weighted by molar-refractivity contribution is 0.481. The van der Waals surface area contributed by atoms with Crippen molar-refractivity contribution in [2.45, 2.75) is 41.0 Å². The van der Waals surface area contributed by atoms with Crippen LogP contribution in [0.4, 0.5) is 0 Å². The van der Waals surface area contributed by atoms with Crippen molar-refractivity contribution in [1.82, 2.24) is 0 Å². The van der Waals surface area contributed by atoms with Crippen LogP contribution in [0, 0.1) is 11.8 Å². The van der Waals surface area contributed by atoms with Gasteiger partial charge in [0.15, 0.2) is 0 Å². The summed E-state index contributed by atoms with van der Waals surface area (Å²) in [5, 5.41) is 0. The third kappa shape index (κ3) is 4.06. The molecule has 0 fully saturated rings. The number of hydrogen-bond acceptors (Lipinski definition) is 0. The van der Waals surface area contributed by atoms with Crippen LogP contribution < -0.4 is 0 Å². The molecule has 0 saturated heterocycles. The zero-order valence-corrected chi connectivity index (χ0v) is 8.44. The Morgan fingerprint density at radius 2 is 1.91 bits per heavy atom. The first kappa shape index (κ1) is 10.5. The summed E-state index contributed by atoms with van der Waals surface area (Å²) in [5.74, 6) is 1.39. The van der Waals surface area contributed by atoms with Gasteiger partial charge < -0.3 is 0 Å². The van der Waals surface area contributed by atoms with E-state index in [-0.39, 0.29) is 0 Å². The molecular formula is C11H20. The van der Waals surface area contributed by atoms with Gasteiger partial charge in [-0.1, -0.05) is 27.7 Å². The lowest BCUT2D eigenvalue weighted by Crippen LogP contribution is -2.03. The van der Waals surface area contributed by atoms with Crippen LogP contribution in [0.1, 0.15) is 41.0 Å². The van der Waals surface area contributed by atoms with Gasteiger partial charge in [0.1, 0.15) is 0 Å². The van der Waals surface area contributed by atoms with Crippen LogP contribution in [0.3, 0.4) is 0 Å². The molecule has 0 aromatic heterocycles. The van der Waals surface area contributed by atoms with Crippen molar-refractivity contribution in [3.05, 3.63) is 17.4 Å². The molecule has 0 aliphatic heterocycles. The predicted octanol–water partition coefficient (Wildman–Crippen LogP) is 3.79. The standard InChI is InChI=1S/C11H20/c1-6-7-8-10(4)11(5)9(2)3/h7,9,11H,6H2,1-5H3. The summed E-state index contributed by atoms with van der Waals surface area (Å²) in [6.45, 7) is 11.1. The fourth-order valence-corrected chi connectivity index (χ4v) is 0.894. The monoisotopic (exact) mass is 152 g/mol. The topological polar surface area (TPSA) is 0 Å². The molecule has 0 radical (unpaired) electrons. The molecule has 0 bridgehead atoms. The average Bonchev–Trinajstić information content (AvgIpc) is 1.98. The second kappa shape index (κ2) is 5.21. The summed E-state index contributed by atoms with van der Waals surface area (Å²) in [4.78, 5) is 0. The van der Waals surface area contributed by atoms with E-state index in [9.17, 15) is 0 Å². The third-order valence-corrected chi connectivity index (χ3v) is 2.22. The Balaban J connectivity index is 4.23. The highest BCUT2D eigenvalue weighted by Crippen LogP contribution is 2.17. The molecule has 0 heteroatoms. The van der Waals surface area contributed by atoms with Gasteiger partial charge in [0.25, 0.3) is 0 Å². The number of hydrogen-bond donors (Lipinski definition) is 0. The average molecular weight is 152 g/mol. The van der Waals surface area contributed by atoms with E-state index in [1.54, 1.807) is 0 Å². The minimum Gasteiger partial charge on any atom is -0.126 e. The second-order valence-corrected chi connectivity index (χ2v) is 3.47. The van der Waals surface area contributed by atoms with Gasteiger partial charge in [0.2, 0.25) is 0 Å². The molecule has 0 aliphatic carbocycles. The van der Waals surface area contributed by atoms with Crippen LogP contribution >= 0.6 is 0 Å². The maximum absolute atomic E-state index is 3.31. The summed E-state index contributed by atoms with van der Waals surface area (Å²) in [7, 11) is 0. The minimum absolute atomic E-state index is 0.665. The van der Waals surface area contributed by atoms with Gasteiger partial charge in [-0.2, -0.15) is 0 Å². The Labute approximate surface area is 71.0 Å². The van der Waals surface area contributed by atoms with Crippen LogP contribution in [-0.2, 0) is 0 Å². The lowest BCUT2D eigenvalue weighted by Gasteiger charge is -2.13. The molecular weight excluding hydrogens is 132 g/mol. The second-order valence-electron chi connectivity index (χ2n) is 3.47. The van der Waals surface area contributed by atoms with Crippen molar-refractivity contribution in [1.29, 1.82) is 0 Å². The van der Waals surface area contributed by atoms with E-state index < -0.39 is 0 Å².